The molecule has 5 nitrogen and oxygen atoms in total. The average Bonchev–Trinajstić information content (AvgIpc) is 3.13. The first-order valence-electron chi connectivity index (χ1n) is 8.99. The summed E-state index contributed by atoms with van der Waals surface area (Å²) in [4.78, 5) is 26.3. The summed E-state index contributed by atoms with van der Waals surface area (Å²) in [6, 6.07) is 13.6. The highest BCUT2D eigenvalue weighted by Gasteiger charge is 2.23. The molecule has 2 heterocycles. The Morgan fingerprint density at radius 2 is 1.96 bits per heavy atom. The Morgan fingerprint density at radius 1 is 1.08 bits per heavy atom. The molecule has 0 bridgehead atoms. The van der Waals surface area contributed by atoms with Crippen molar-refractivity contribution < 1.29 is 19.1 Å². The van der Waals surface area contributed by atoms with Gasteiger partial charge in [0.1, 0.15) is 5.75 Å². The van der Waals surface area contributed by atoms with Crippen molar-refractivity contribution in [3.63, 3.8) is 0 Å². The molecule has 0 unspecified atom stereocenters. The van der Waals surface area contributed by atoms with Crippen LogP contribution in [0.15, 0.2) is 42.5 Å². The molecular weight excluding hydrogens is 330 g/mol. The summed E-state index contributed by atoms with van der Waals surface area (Å²) >= 11 is 0. The van der Waals surface area contributed by atoms with Crippen LogP contribution in [0.1, 0.15) is 23.1 Å². The van der Waals surface area contributed by atoms with Crippen LogP contribution in [0.3, 0.4) is 0 Å². The molecule has 0 spiro atoms. The van der Waals surface area contributed by atoms with Crippen LogP contribution in [0, 0.1) is 0 Å². The van der Waals surface area contributed by atoms with E-state index in [1.165, 1.54) is 5.56 Å². The highest BCUT2D eigenvalue weighted by molar-refractivity contribution is 5.96. The van der Waals surface area contributed by atoms with E-state index < -0.39 is 0 Å². The monoisotopic (exact) mass is 351 g/mol. The number of amides is 1. The summed E-state index contributed by atoms with van der Waals surface area (Å²) in [5.41, 5.74) is 4.10. The number of nitrogens with zero attached hydrogens (tertiary/aromatic N) is 1. The van der Waals surface area contributed by atoms with Gasteiger partial charge in [0.25, 0.3) is 5.91 Å². The lowest BCUT2D eigenvalue weighted by atomic mass is 10.0. The second-order valence-electron chi connectivity index (χ2n) is 6.66. The van der Waals surface area contributed by atoms with Crippen LogP contribution in [0.2, 0.25) is 0 Å². The summed E-state index contributed by atoms with van der Waals surface area (Å²) in [7, 11) is 0. The van der Waals surface area contributed by atoms with Gasteiger partial charge in [-0.1, -0.05) is 30.3 Å². The largest absolute Gasteiger partial charge is 0.493 e. The quantitative estimate of drug-likeness (QED) is 0.795. The highest BCUT2D eigenvalue weighted by Crippen LogP contribution is 2.27. The number of esters is 1. The first-order chi connectivity index (χ1) is 12.7. The Hall–Kier alpha value is -2.82. The molecule has 0 aromatic heterocycles. The SMILES string of the molecule is O=C(Cc1ccc2c(c1)CCO2)OCC(=O)N1CCCc2ccccc21. The van der Waals surface area contributed by atoms with Gasteiger partial charge in [0.2, 0.25) is 0 Å². The number of rotatable bonds is 4. The fourth-order valence-corrected chi connectivity index (χ4v) is 3.58. The van der Waals surface area contributed by atoms with Gasteiger partial charge in [0, 0.05) is 18.7 Å². The fraction of sp³-hybridized carbons (Fsp3) is 0.333. The first-order valence-corrected chi connectivity index (χ1v) is 8.99. The zero-order chi connectivity index (χ0) is 17.9. The molecule has 2 aromatic carbocycles. The summed E-state index contributed by atoms with van der Waals surface area (Å²) in [6.45, 7) is 1.13. The van der Waals surface area contributed by atoms with Crippen molar-refractivity contribution in [3.8, 4) is 5.75 Å². The van der Waals surface area contributed by atoms with Crippen LogP contribution in [-0.4, -0.2) is 31.6 Å². The van der Waals surface area contributed by atoms with E-state index in [-0.39, 0.29) is 24.9 Å². The van der Waals surface area contributed by atoms with Crippen molar-refractivity contribution >= 4 is 17.6 Å². The second-order valence-corrected chi connectivity index (χ2v) is 6.66. The van der Waals surface area contributed by atoms with Crippen LogP contribution in [0.25, 0.3) is 0 Å². The molecule has 0 radical (unpaired) electrons. The van der Waals surface area contributed by atoms with Crippen molar-refractivity contribution in [2.75, 3.05) is 24.7 Å². The Kier molecular flexibility index (Phi) is 4.61. The minimum absolute atomic E-state index is 0.164. The Labute approximate surface area is 152 Å². The average molecular weight is 351 g/mol. The lowest BCUT2D eigenvalue weighted by molar-refractivity contribution is -0.147. The molecule has 4 rings (SSSR count). The number of carbonyl (C=O) groups excluding carboxylic acids is 2. The summed E-state index contributed by atoms with van der Waals surface area (Å²) in [5, 5.41) is 0. The van der Waals surface area contributed by atoms with Crippen LogP contribution >= 0.6 is 0 Å². The van der Waals surface area contributed by atoms with E-state index in [1.807, 2.05) is 42.5 Å². The van der Waals surface area contributed by atoms with E-state index in [1.54, 1.807) is 4.90 Å². The predicted octanol–water partition coefficient (Wildman–Crippen LogP) is 2.69. The Balaban J connectivity index is 1.34. The molecule has 0 fully saturated rings. The lowest BCUT2D eigenvalue weighted by Crippen LogP contribution is -2.38. The van der Waals surface area contributed by atoms with Gasteiger partial charge in [-0.25, -0.2) is 0 Å². The van der Waals surface area contributed by atoms with Gasteiger partial charge in [-0.2, -0.15) is 0 Å². The van der Waals surface area contributed by atoms with Gasteiger partial charge < -0.3 is 14.4 Å². The molecule has 5 heteroatoms. The molecule has 0 N–H and O–H groups in total. The smallest absolute Gasteiger partial charge is 0.310 e. The van der Waals surface area contributed by atoms with Gasteiger partial charge in [-0.3, -0.25) is 9.59 Å². The molecule has 2 aliphatic rings. The maximum Gasteiger partial charge on any atom is 0.310 e. The first kappa shape index (κ1) is 16.6. The van der Waals surface area contributed by atoms with Crippen molar-refractivity contribution in [1.29, 1.82) is 0 Å². The van der Waals surface area contributed by atoms with Crippen LogP contribution in [0.4, 0.5) is 5.69 Å². The fourth-order valence-electron chi connectivity index (χ4n) is 3.58. The van der Waals surface area contributed by atoms with E-state index in [2.05, 4.69) is 0 Å². The lowest BCUT2D eigenvalue weighted by Gasteiger charge is -2.29. The van der Waals surface area contributed by atoms with Gasteiger partial charge in [-0.15, -0.1) is 0 Å². The minimum atomic E-state index is -0.387. The Bertz CT molecular complexity index is 846. The number of fused-ring (bicyclic) bond motifs is 2. The van der Waals surface area contributed by atoms with E-state index in [0.29, 0.717) is 13.2 Å². The number of benzene rings is 2. The molecule has 0 atom stereocenters. The molecule has 1 amide bonds. The summed E-state index contributed by atoms with van der Waals surface area (Å²) < 4.78 is 10.7. The van der Waals surface area contributed by atoms with Crippen molar-refractivity contribution in [1.82, 2.24) is 0 Å². The van der Waals surface area contributed by atoms with E-state index in [0.717, 1.165) is 41.8 Å². The molecule has 134 valence electrons. The molecule has 2 aromatic rings. The zero-order valence-corrected chi connectivity index (χ0v) is 14.6. The molecular formula is C21H21NO4. The number of carbonyl (C=O) groups is 2. The number of aryl methyl sites for hydroxylation is 1. The van der Waals surface area contributed by atoms with Gasteiger partial charge >= 0.3 is 5.97 Å². The summed E-state index contributed by atoms with van der Waals surface area (Å²) in [6.07, 6.45) is 2.93. The summed E-state index contributed by atoms with van der Waals surface area (Å²) in [5.74, 6) is 0.330. The van der Waals surface area contributed by atoms with Crippen molar-refractivity contribution in [3.05, 3.63) is 59.2 Å². The number of hydrogen-bond donors (Lipinski definition) is 0. The Morgan fingerprint density at radius 3 is 2.88 bits per heavy atom. The molecule has 2 aliphatic heterocycles. The van der Waals surface area contributed by atoms with Gasteiger partial charge in [0.15, 0.2) is 6.61 Å². The van der Waals surface area contributed by atoms with Crippen molar-refractivity contribution in [2.24, 2.45) is 0 Å². The van der Waals surface area contributed by atoms with E-state index >= 15 is 0 Å². The standard InChI is InChI=1S/C21H21NO4/c23-20(22-10-3-5-16-4-1-2-6-18(16)22)14-26-21(24)13-15-7-8-19-17(12-15)9-11-25-19/h1-2,4,6-8,12H,3,5,9-11,13-14H2. The highest BCUT2D eigenvalue weighted by atomic mass is 16.5. The third-order valence-electron chi connectivity index (χ3n) is 4.87. The maximum atomic E-state index is 12.5. The second kappa shape index (κ2) is 7.20. The zero-order valence-electron chi connectivity index (χ0n) is 14.6. The normalized spacial score (nSPS) is 15.0. The van der Waals surface area contributed by atoms with E-state index in [4.69, 9.17) is 9.47 Å². The molecule has 26 heavy (non-hydrogen) atoms. The number of ether oxygens (including phenoxy) is 2. The van der Waals surface area contributed by atoms with Crippen LogP contribution in [-0.2, 0) is 33.6 Å². The molecule has 0 aliphatic carbocycles. The van der Waals surface area contributed by atoms with Crippen LogP contribution in [0.5, 0.6) is 5.75 Å². The van der Waals surface area contributed by atoms with E-state index in [9.17, 15) is 9.59 Å². The third kappa shape index (κ3) is 3.43. The number of para-hydroxylation sites is 1. The minimum Gasteiger partial charge on any atom is -0.493 e. The molecule has 0 saturated carbocycles. The van der Waals surface area contributed by atoms with Crippen molar-refractivity contribution in [2.45, 2.75) is 25.7 Å². The predicted molar refractivity (Wildman–Crippen MR) is 97.4 cm³/mol. The topological polar surface area (TPSA) is 55.8 Å². The number of hydrogen-bond acceptors (Lipinski definition) is 4. The van der Waals surface area contributed by atoms with Gasteiger partial charge in [0.05, 0.1) is 13.0 Å². The number of anilines is 1. The van der Waals surface area contributed by atoms with Crippen LogP contribution < -0.4 is 9.64 Å². The maximum absolute atomic E-state index is 12.5. The molecule has 0 saturated heterocycles. The van der Waals surface area contributed by atoms with Gasteiger partial charge in [-0.05, 0) is 41.7 Å². The third-order valence-corrected chi connectivity index (χ3v) is 4.87.